The van der Waals surface area contributed by atoms with E-state index in [1.165, 1.54) is 45.6 Å². The highest BCUT2D eigenvalue weighted by atomic mass is 79.9. The number of nitrogens with one attached hydrogen (secondary N) is 2. The molecule has 3 N–H and O–H groups in total. The lowest BCUT2D eigenvalue weighted by atomic mass is 9.93. The number of piperazine rings is 1. The number of rotatable bonds is 4. The third-order valence-corrected chi connectivity index (χ3v) is 6.61. The van der Waals surface area contributed by atoms with E-state index in [-0.39, 0.29) is 0 Å². The second-order valence-electron chi connectivity index (χ2n) is 7.69. The zero-order chi connectivity index (χ0) is 15.8. The van der Waals surface area contributed by atoms with Crippen LogP contribution in [0.15, 0.2) is 34.8 Å². The number of aromatic hydroxyl groups is 1. The van der Waals surface area contributed by atoms with E-state index in [0.717, 1.165) is 34.3 Å². The molecule has 0 aromatic heterocycles. The van der Waals surface area contributed by atoms with Gasteiger partial charge in [0.05, 0.1) is 6.54 Å². The van der Waals surface area contributed by atoms with Gasteiger partial charge in [-0.2, -0.15) is 0 Å². The summed E-state index contributed by atoms with van der Waals surface area (Å²) in [5, 5.41) is 10.0. The van der Waals surface area contributed by atoms with Gasteiger partial charge in [0.15, 0.2) is 0 Å². The van der Waals surface area contributed by atoms with Gasteiger partial charge in [0.2, 0.25) is 0 Å². The molecule has 3 aliphatic rings. The van der Waals surface area contributed by atoms with Gasteiger partial charge in [-0.3, -0.25) is 0 Å². The molecule has 4 heteroatoms. The molecule has 1 aliphatic heterocycles. The van der Waals surface area contributed by atoms with Crippen LogP contribution in [0.3, 0.4) is 0 Å². The number of hydrogen-bond acceptors (Lipinski definition) is 1. The van der Waals surface area contributed by atoms with E-state index >= 15 is 0 Å². The number of quaternary nitrogens is 2. The number of phenolic OH excluding ortho intramolecular Hbond substituents is 1. The first-order valence-corrected chi connectivity index (χ1v) is 9.79. The molecule has 1 aromatic rings. The Bertz CT molecular complexity index is 595. The number of hydrogen-bond donors (Lipinski definition) is 3. The monoisotopic (exact) mass is 378 g/mol. The third kappa shape index (κ3) is 3.49. The van der Waals surface area contributed by atoms with Crippen LogP contribution in [0.4, 0.5) is 0 Å². The van der Waals surface area contributed by atoms with Gasteiger partial charge < -0.3 is 14.9 Å². The Balaban J connectivity index is 1.27. The molecule has 3 nitrogen and oxygen atoms in total. The van der Waals surface area contributed by atoms with E-state index in [2.05, 4.69) is 34.1 Å². The predicted molar refractivity (Wildman–Crippen MR) is 94.6 cm³/mol. The molecule has 23 heavy (non-hydrogen) atoms. The molecule has 2 aliphatic carbocycles. The first-order valence-electron chi connectivity index (χ1n) is 9.00. The van der Waals surface area contributed by atoms with Gasteiger partial charge >= 0.3 is 0 Å². The number of phenols is 1. The lowest BCUT2D eigenvalue weighted by Crippen LogP contribution is -3.27. The summed E-state index contributed by atoms with van der Waals surface area (Å²) in [7, 11) is 0. The van der Waals surface area contributed by atoms with E-state index < -0.39 is 0 Å². The minimum Gasteiger partial charge on any atom is -0.507 e. The van der Waals surface area contributed by atoms with E-state index in [9.17, 15) is 5.11 Å². The molecule has 2 fully saturated rings. The molecular weight excluding hydrogens is 352 g/mol. The van der Waals surface area contributed by atoms with E-state index in [0.29, 0.717) is 5.75 Å². The maximum absolute atomic E-state index is 10.0. The molecule has 0 spiro atoms. The second-order valence-corrected chi connectivity index (χ2v) is 8.61. The van der Waals surface area contributed by atoms with Gasteiger partial charge in [0.25, 0.3) is 0 Å². The van der Waals surface area contributed by atoms with Crippen LogP contribution in [0.25, 0.3) is 0 Å². The molecule has 124 valence electrons. The molecule has 3 atom stereocenters. The summed E-state index contributed by atoms with van der Waals surface area (Å²) in [6.45, 7) is 7.32. The zero-order valence-electron chi connectivity index (χ0n) is 13.6. The van der Waals surface area contributed by atoms with Crippen molar-refractivity contribution in [1.29, 1.82) is 0 Å². The van der Waals surface area contributed by atoms with Crippen LogP contribution in [-0.2, 0) is 6.54 Å². The van der Waals surface area contributed by atoms with Crippen LogP contribution < -0.4 is 9.80 Å². The van der Waals surface area contributed by atoms with Crippen molar-refractivity contribution < 1.29 is 14.9 Å². The fourth-order valence-electron chi connectivity index (χ4n) is 4.80. The minimum absolute atomic E-state index is 0.434. The largest absolute Gasteiger partial charge is 0.507 e. The Kier molecular flexibility index (Phi) is 4.48. The van der Waals surface area contributed by atoms with Crippen LogP contribution in [0.2, 0.25) is 0 Å². The molecule has 1 saturated carbocycles. The standard InChI is InChI=1S/C19H25BrN2O/c20-18-3-4-19(23)17(11-18)13-22-7-5-21(6-8-22)12-16-10-14-1-2-15(16)9-14/h1-4,11,14-16,23H,5-10,12-13H2/p+2/t14-,15-,16-/m0/s1. The third-order valence-electron chi connectivity index (χ3n) is 6.11. The summed E-state index contributed by atoms with van der Waals surface area (Å²) < 4.78 is 1.05. The highest BCUT2D eigenvalue weighted by Crippen LogP contribution is 2.42. The molecule has 0 radical (unpaired) electrons. The summed E-state index contributed by atoms with van der Waals surface area (Å²) in [6.07, 6.45) is 7.80. The highest BCUT2D eigenvalue weighted by molar-refractivity contribution is 9.10. The van der Waals surface area contributed by atoms with Crippen LogP contribution in [0, 0.1) is 17.8 Å². The van der Waals surface area contributed by atoms with E-state index in [1.807, 2.05) is 6.07 Å². The molecule has 0 amide bonds. The molecule has 1 aromatic carbocycles. The molecule has 0 unspecified atom stereocenters. The Morgan fingerprint density at radius 1 is 1.04 bits per heavy atom. The van der Waals surface area contributed by atoms with Crippen LogP contribution in [0.5, 0.6) is 5.75 Å². The Morgan fingerprint density at radius 3 is 2.52 bits per heavy atom. The number of benzene rings is 1. The minimum atomic E-state index is 0.434. The Hall–Kier alpha value is -0.840. The molecule has 1 heterocycles. The molecule has 4 rings (SSSR count). The lowest BCUT2D eigenvalue weighted by molar-refractivity contribution is -1.02. The van der Waals surface area contributed by atoms with Gasteiger partial charge in [0, 0.05) is 16.0 Å². The first-order chi connectivity index (χ1) is 11.2. The SMILES string of the molecule is Oc1ccc(Br)cc1C[NH+]1CC[NH+](C[C@@H]2C[C@H]3C=C[C@H]2C3)CC1. The quantitative estimate of drug-likeness (QED) is 0.659. The maximum Gasteiger partial charge on any atom is 0.127 e. The van der Waals surface area contributed by atoms with Crippen LogP contribution in [-0.4, -0.2) is 37.8 Å². The first kappa shape index (κ1) is 15.7. The van der Waals surface area contributed by atoms with Gasteiger partial charge in [-0.25, -0.2) is 0 Å². The van der Waals surface area contributed by atoms with Gasteiger partial charge in [-0.1, -0.05) is 28.1 Å². The average Bonchev–Trinajstić information content (AvgIpc) is 3.16. The fraction of sp³-hybridized carbons (Fsp3) is 0.579. The fourth-order valence-corrected chi connectivity index (χ4v) is 5.21. The number of allylic oxidation sites excluding steroid dienone is 2. The zero-order valence-corrected chi connectivity index (χ0v) is 15.2. The summed E-state index contributed by atoms with van der Waals surface area (Å²) >= 11 is 3.51. The van der Waals surface area contributed by atoms with Crippen molar-refractivity contribution in [3.05, 3.63) is 40.4 Å². The molecular formula is C19H27BrN2O+2. The van der Waals surface area contributed by atoms with Crippen molar-refractivity contribution in [3.8, 4) is 5.75 Å². The summed E-state index contributed by atoms with van der Waals surface area (Å²) in [4.78, 5) is 3.41. The number of fused-ring (bicyclic) bond motifs is 2. The Labute approximate surface area is 147 Å². The summed E-state index contributed by atoms with van der Waals surface area (Å²) in [5.41, 5.74) is 1.07. The van der Waals surface area contributed by atoms with E-state index in [4.69, 9.17) is 0 Å². The normalized spacial score (nSPS) is 35.8. The van der Waals surface area contributed by atoms with Crippen molar-refractivity contribution in [2.24, 2.45) is 17.8 Å². The summed E-state index contributed by atoms with van der Waals surface area (Å²) in [5.74, 6) is 3.16. The molecule has 2 bridgehead atoms. The van der Waals surface area contributed by atoms with Gasteiger partial charge in [-0.05, 0) is 42.9 Å². The highest BCUT2D eigenvalue weighted by Gasteiger charge is 2.38. The van der Waals surface area contributed by atoms with Crippen molar-refractivity contribution in [2.45, 2.75) is 19.4 Å². The summed E-state index contributed by atoms with van der Waals surface area (Å²) in [6, 6.07) is 5.76. The van der Waals surface area contributed by atoms with Crippen LogP contribution in [0.1, 0.15) is 18.4 Å². The second kappa shape index (κ2) is 6.58. The van der Waals surface area contributed by atoms with Crippen molar-refractivity contribution in [3.63, 3.8) is 0 Å². The Morgan fingerprint density at radius 2 is 1.83 bits per heavy atom. The predicted octanol–water partition coefficient (Wildman–Crippen LogP) is 0.650. The molecule has 1 saturated heterocycles. The van der Waals surface area contributed by atoms with Crippen molar-refractivity contribution >= 4 is 15.9 Å². The van der Waals surface area contributed by atoms with E-state index in [1.54, 1.807) is 15.9 Å². The van der Waals surface area contributed by atoms with Crippen LogP contribution >= 0.6 is 15.9 Å². The number of halogens is 1. The van der Waals surface area contributed by atoms with Gasteiger partial charge in [0.1, 0.15) is 38.5 Å². The smallest absolute Gasteiger partial charge is 0.127 e. The average molecular weight is 379 g/mol. The van der Waals surface area contributed by atoms with Crippen molar-refractivity contribution in [2.75, 3.05) is 32.7 Å². The lowest BCUT2D eigenvalue weighted by Gasteiger charge is -2.32. The topological polar surface area (TPSA) is 29.1 Å². The van der Waals surface area contributed by atoms with Gasteiger partial charge in [-0.15, -0.1) is 0 Å². The maximum atomic E-state index is 10.0. The van der Waals surface area contributed by atoms with Crippen molar-refractivity contribution in [1.82, 2.24) is 0 Å².